The molecule has 0 unspecified atom stereocenters. The normalized spacial score (nSPS) is 11.5. The van der Waals surface area contributed by atoms with Gasteiger partial charge in [-0.15, -0.1) is 0 Å². The molecule has 1 rings (SSSR count). The Labute approximate surface area is 91.2 Å². The minimum Gasteiger partial charge on any atom is -0.384 e. The van der Waals surface area contributed by atoms with Crippen LogP contribution >= 0.6 is 11.6 Å². The Balaban J connectivity index is 2.55. The van der Waals surface area contributed by atoms with Crippen molar-refractivity contribution in [3.63, 3.8) is 0 Å². The average molecular weight is 238 g/mol. The van der Waals surface area contributed by atoms with E-state index in [0.29, 0.717) is 10.7 Å². The van der Waals surface area contributed by atoms with Gasteiger partial charge >= 0.3 is 6.18 Å². The first-order chi connectivity index (χ1) is 6.90. The summed E-state index contributed by atoms with van der Waals surface area (Å²) >= 11 is 5.82. The summed E-state index contributed by atoms with van der Waals surface area (Å²) in [5, 5.41) is 3.25. The molecule has 1 nitrogen and oxygen atoms in total. The second-order valence-electron chi connectivity index (χ2n) is 3.20. The van der Waals surface area contributed by atoms with E-state index < -0.39 is 12.6 Å². The molecule has 1 aromatic rings. The van der Waals surface area contributed by atoms with Crippen molar-refractivity contribution in [2.24, 2.45) is 0 Å². The van der Waals surface area contributed by atoms with Crippen LogP contribution in [0.15, 0.2) is 18.2 Å². The minimum atomic E-state index is -4.13. The van der Waals surface area contributed by atoms with Crippen molar-refractivity contribution in [3.05, 3.63) is 28.8 Å². The van der Waals surface area contributed by atoms with Crippen molar-refractivity contribution in [3.8, 4) is 0 Å². The van der Waals surface area contributed by atoms with Crippen molar-refractivity contribution < 1.29 is 13.2 Å². The van der Waals surface area contributed by atoms with Gasteiger partial charge in [-0.2, -0.15) is 13.2 Å². The zero-order valence-electron chi connectivity index (χ0n) is 8.16. The van der Waals surface area contributed by atoms with Gasteiger partial charge in [-0.25, -0.2) is 0 Å². The summed E-state index contributed by atoms with van der Waals surface area (Å²) in [6, 6.07) is 5.11. The van der Waals surface area contributed by atoms with Crippen molar-refractivity contribution >= 4 is 17.3 Å². The number of halogens is 4. The van der Waals surface area contributed by atoms with Crippen LogP contribution in [0, 0.1) is 6.92 Å². The van der Waals surface area contributed by atoms with Crippen molar-refractivity contribution in [1.29, 1.82) is 0 Å². The Morgan fingerprint density at radius 3 is 2.60 bits per heavy atom. The molecule has 1 N–H and O–H groups in total. The summed E-state index contributed by atoms with van der Waals surface area (Å²) in [5.41, 5.74) is 1.41. The molecule has 5 heteroatoms. The average Bonchev–Trinajstić information content (AvgIpc) is 2.10. The maximum absolute atomic E-state index is 11.9. The van der Waals surface area contributed by atoms with Crippen LogP contribution in [0.5, 0.6) is 0 Å². The van der Waals surface area contributed by atoms with Crippen LogP contribution < -0.4 is 5.32 Å². The molecular weight excluding hydrogens is 227 g/mol. The molecule has 0 fully saturated rings. The molecule has 0 aliphatic rings. The van der Waals surface area contributed by atoms with Crippen LogP contribution in [0.3, 0.4) is 0 Å². The third-order valence-corrected chi connectivity index (χ3v) is 2.40. The predicted octanol–water partition coefficient (Wildman–Crippen LogP) is 4.01. The van der Waals surface area contributed by atoms with Gasteiger partial charge in [0.2, 0.25) is 0 Å². The molecule has 0 aliphatic heterocycles. The summed E-state index contributed by atoms with van der Waals surface area (Å²) in [4.78, 5) is 0. The summed E-state index contributed by atoms with van der Waals surface area (Å²) in [6.45, 7) is 1.63. The fourth-order valence-corrected chi connectivity index (χ4v) is 1.31. The fraction of sp³-hybridized carbons (Fsp3) is 0.400. The van der Waals surface area contributed by atoms with E-state index in [0.717, 1.165) is 5.56 Å². The van der Waals surface area contributed by atoms with E-state index in [-0.39, 0.29) is 6.54 Å². The van der Waals surface area contributed by atoms with E-state index >= 15 is 0 Å². The Hall–Kier alpha value is -0.900. The standard InChI is InChI=1S/C10H11ClF3N/c1-7-8(11)3-2-4-9(7)15-6-5-10(12,13)14/h2-4,15H,5-6H2,1H3. The van der Waals surface area contributed by atoms with Gasteiger partial charge in [0, 0.05) is 17.3 Å². The highest BCUT2D eigenvalue weighted by Crippen LogP contribution is 2.24. The molecule has 0 bridgehead atoms. The third kappa shape index (κ3) is 4.00. The van der Waals surface area contributed by atoms with Crippen LogP contribution in [0.25, 0.3) is 0 Å². The molecule has 0 atom stereocenters. The summed E-state index contributed by atoms with van der Waals surface area (Å²) in [7, 11) is 0. The van der Waals surface area contributed by atoms with Crippen LogP contribution in [-0.2, 0) is 0 Å². The van der Waals surface area contributed by atoms with Crippen LogP contribution in [0.1, 0.15) is 12.0 Å². The van der Waals surface area contributed by atoms with Crippen molar-refractivity contribution in [1.82, 2.24) is 0 Å². The SMILES string of the molecule is Cc1c(Cl)cccc1NCCC(F)(F)F. The van der Waals surface area contributed by atoms with E-state index in [1.54, 1.807) is 25.1 Å². The first kappa shape index (κ1) is 12.2. The van der Waals surface area contributed by atoms with Crippen molar-refractivity contribution in [2.45, 2.75) is 19.5 Å². The van der Waals surface area contributed by atoms with Crippen LogP contribution in [0.4, 0.5) is 18.9 Å². The molecule has 0 spiro atoms. The van der Waals surface area contributed by atoms with Crippen LogP contribution in [-0.4, -0.2) is 12.7 Å². The van der Waals surface area contributed by atoms with Gasteiger partial charge in [-0.3, -0.25) is 0 Å². The second kappa shape index (κ2) is 4.75. The first-order valence-corrected chi connectivity index (χ1v) is 4.84. The maximum atomic E-state index is 11.9. The number of alkyl halides is 3. The Bertz CT molecular complexity index is 336. The lowest BCUT2D eigenvalue weighted by Gasteiger charge is -2.11. The van der Waals surface area contributed by atoms with E-state index in [9.17, 15) is 13.2 Å². The van der Waals surface area contributed by atoms with E-state index in [1.165, 1.54) is 0 Å². The lowest BCUT2D eigenvalue weighted by atomic mass is 10.2. The molecule has 0 aliphatic carbocycles. The van der Waals surface area contributed by atoms with Crippen LogP contribution in [0.2, 0.25) is 5.02 Å². The number of anilines is 1. The zero-order valence-corrected chi connectivity index (χ0v) is 8.91. The quantitative estimate of drug-likeness (QED) is 0.838. The molecule has 84 valence electrons. The topological polar surface area (TPSA) is 12.0 Å². The molecule has 15 heavy (non-hydrogen) atoms. The number of hydrogen-bond acceptors (Lipinski definition) is 1. The van der Waals surface area contributed by atoms with E-state index in [4.69, 9.17) is 11.6 Å². The highest BCUT2D eigenvalue weighted by molar-refractivity contribution is 6.31. The lowest BCUT2D eigenvalue weighted by molar-refractivity contribution is -0.131. The fourth-order valence-electron chi connectivity index (χ4n) is 1.14. The molecule has 0 saturated heterocycles. The largest absolute Gasteiger partial charge is 0.390 e. The number of benzene rings is 1. The zero-order chi connectivity index (χ0) is 11.5. The molecule has 0 saturated carbocycles. The number of hydrogen-bond donors (Lipinski definition) is 1. The maximum Gasteiger partial charge on any atom is 0.390 e. The Morgan fingerprint density at radius 1 is 1.33 bits per heavy atom. The van der Waals surface area contributed by atoms with Gasteiger partial charge in [0.25, 0.3) is 0 Å². The highest BCUT2D eigenvalue weighted by Gasteiger charge is 2.26. The first-order valence-electron chi connectivity index (χ1n) is 4.46. The predicted molar refractivity (Wildman–Crippen MR) is 55.4 cm³/mol. The Kier molecular flexibility index (Phi) is 3.85. The highest BCUT2D eigenvalue weighted by atomic mass is 35.5. The summed E-state index contributed by atoms with van der Waals surface area (Å²) < 4.78 is 35.6. The molecule has 1 aromatic carbocycles. The number of rotatable bonds is 3. The molecule has 0 radical (unpaired) electrons. The van der Waals surface area contributed by atoms with E-state index in [2.05, 4.69) is 5.32 Å². The van der Waals surface area contributed by atoms with Gasteiger partial charge in [-0.05, 0) is 24.6 Å². The minimum absolute atomic E-state index is 0.134. The smallest absolute Gasteiger partial charge is 0.384 e. The lowest BCUT2D eigenvalue weighted by Crippen LogP contribution is -2.15. The van der Waals surface area contributed by atoms with Crippen molar-refractivity contribution in [2.75, 3.05) is 11.9 Å². The van der Waals surface area contributed by atoms with Gasteiger partial charge in [0.1, 0.15) is 0 Å². The van der Waals surface area contributed by atoms with Gasteiger partial charge < -0.3 is 5.32 Å². The molecular formula is C10H11ClF3N. The monoisotopic (exact) mass is 237 g/mol. The summed E-state index contributed by atoms with van der Waals surface area (Å²) in [5.74, 6) is 0. The second-order valence-corrected chi connectivity index (χ2v) is 3.61. The molecule has 0 heterocycles. The summed E-state index contributed by atoms with van der Waals surface area (Å²) in [6.07, 6.45) is -4.97. The third-order valence-electron chi connectivity index (χ3n) is 1.99. The number of nitrogens with one attached hydrogen (secondary N) is 1. The Morgan fingerprint density at radius 2 is 2.00 bits per heavy atom. The molecule has 0 aromatic heterocycles. The molecule has 0 amide bonds. The van der Waals surface area contributed by atoms with Gasteiger partial charge in [0.05, 0.1) is 6.42 Å². The van der Waals surface area contributed by atoms with E-state index in [1.807, 2.05) is 0 Å². The van der Waals surface area contributed by atoms with Gasteiger partial charge in [-0.1, -0.05) is 17.7 Å². The van der Waals surface area contributed by atoms with Gasteiger partial charge in [0.15, 0.2) is 0 Å².